The van der Waals surface area contributed by atoms with Crippen molar-refractivity contribution >= 4 is 11.9 Å². The van der Waals surface area contributed by atoms with Crippen LogP contribution in [0.5, 0.6) is 11.5 Å². The Kier molecular flexibility index (Phi) is 6.78. The Morgan fingerprint density at radius 1 is 1.11 bits per heavy atom. The predicted molar refractivity (Wildman–Crippen MR) is 105 cm³/mol. The summed E-state index contributed by atoms with van der Waals surface area (Å²) in [4.78, 5) is 26.7. The molecule has 7 heteroatoms. The number of hydrogen-bond donors (Lipinski definition) is 1. The largest absolute Gasteiger partial charge is 0.493 e. The van der Waals surface area contributed by atoms with E-state index in [1.54, 1.807) is 14.2 Å². The SMILES string of the molecule is COC(=O)C[C@H]1c2cc(OC)c(OC)cc2CCN1CC(=O)NC1CCCC1. The van der Waals surface area contributed by atoms with Crippen LogP contribution in [0.4, 0.5) is 0 Å². The molecule has 1 aromatic carbocycles. The molecule has 1 aliphatic carbocycles. The second-order valence-corrected chi connectivity index (χ2v) is 7.47. The number of methoxy groups -OCH3 is 3. The minimum absolute atomic E-state index is 0.0192. The van der Waals surface area contributed by atoms with Gasteiger partial charge in [0, 0.05) is 18.6 Å². The first-order valence-corrected chi connectivity index (χ1v) is 9.90. The molecule has 1 amide bonds. The molecule has 28 heavy (non-hydrogen) atoms. The lowest BCUT2D eigenvalue weighted by molar-refractivity contribution is -0.142. The van der Waals surface area contributed by atoms with E-state index >= 15 is 0 Å². The van der Waals surface area contributed by atoms with E-state index in [9.17, 15) is 9.59 Å². The molecule has 0 spiro atoms. The van der Waals surface area contributed by atoms with Crippen LogP contribution in [0, 0.1) is 0 Å². The third-order valence-corrected chi connectivity index (χ3v) is 5.77. The molecule has 1 saturated carbocycles. The fourth-order valence-corrected chi connectivity index (χ4v) is 4.28. The number of esters is 1. The number of rotatable bonds is 7. The smallest absolute Gasteiger partial charge is 0.307 e. The molecule has 0 aromatic heterocycles. The van der Waals surface area contributed by atoms with Gasteiger partial charge >= 0.3 is 5.97 Å². The Hall–Kier alpha value is -2.28. The standard InChI is InChI=1S/C21H30N2O5/c1-26-18-10-14-8-9-23(13-20(24)22-15-6-4-5-7-15)17(12-21(25)28-3)16(14)11-19(18)27-2/h10-11,15,17H,4-9,12-13H2,1-3H3,(H,22,24)/t17-/m0/s1. The van der Waals surface area contributed by atoms with Crippen LogP contribution in [0.25, 0.3) is 0 Å². The van der Waals surface area contributed by atoms with Gasteiger partial charge in [-0.15, -0.1) is 0 Å². The monoisotopic (exact) mass is 390 g/mol. The van der Waals surface area contributed by atoms with Crippen molar-refractivity contribution in [2.24, 2.45) is 0 Å². The molecule has 1 fully saturated rings. The third kappa shape index (κ3) is 4.58. The average Bonchev–Trinajstić information content (AvgIpc) is 3.21. The molecule has 0 radical (unpaired) electrons. The normalized spacial score (nSPS) is 19.8. The van der Waals surface area contributed by atoms with Gasteiger partial charge in [0.05, 0.1) is 34.3 Å². The van der Waals surface area contributed by atoms with Gasteiger partial charge in [-0.05, 0) is 42.5 Å². The van der Waals surface area contributed by atoms with Crippen LogP contribution in [-0.2, 0) is 20.7 Å². The van der Waals surface area contributed by atoms with Crippen molar-refractivity contribution in [3.8, 4) is 11.5 Å². The maximum absolute atomic E-state index is 12.6. The van der Waals surface area contributed by atoms with E-state index in [-0.39, 0.29) is 36.9 Å². The highest BCUT2D eigenvalue weighted by Crippen LogP contribution is 2.39. The number of benzene rings is 1. The van der Waals surface area contributed by atoms with Crippen molar-refractivity contribution in [1.29, 1.82) is 0 Å². The summed E-state index contributed by atoms with van der Waals surface area (Å²) in [5, 5.41) is 3.14. The summed E-state index contributed by atoms with van der Waals surface area (Å²) in [5.74, 6) is 1.01. The fourth-order valence-electron chi connectivity index (χ4n) is 4.28. The van der Waals surface area contributed by atoms with Gasteiger partial charge in [-0.1, -0.05) is 12.8 Å². The molecule has 1 N–H and O–H groups in total. The predicted octanol–water partition coefficient (Wildman–Crippen LogP) is 2.22. The van der Waals surface area contributed by atoms with Gasteiger partial charge in [0.15, 0.2) is 11.5 Å². The second-order valence-electron chi connectivity index (χ2n) is 7.47. The summed E-state index contributed by atoms with van der Waals surface area (Å²) >= 11 is 0. The zero-order chi connectivity index (χ0) is 20.1. The van der Waals surface area contributed by atoms with Gasteiger partial charge in [-0.25, -0.2) is 0 Å². The summed E-state index contributed by atoms with van der Waals surface area (Å²) in [6, 6.07) is 3.94. The molecule has 7 nitrogen and oxygen atoms in total. The van der Waals surface area contributed by atoms with Gasteiger partial charge in [-0.2, -0.15) is 0 Å². The number of hydrogen-bond acceptors (Lipinski definition) is 6. The van der Waals surface area contributed by atoms with Crippen LogP contribution >= 0.6 is 0 Å². The Morgan fingerprint density at radius 3 is 2.43 bits per heavy atom. The van der Waals surface area contributed by atoms with Crippen LogP contribution in [0.15, 0.2) is 12.1 Å². The molecule has 154 valence electrons. The molecule has 3 rings (SSSR count). The Labute approximate surface area is 166 Å². The maximum Gasteiger partial charge on any atom is 0.307 e. The Bertz CT molecular complexity index is 715. The molecule has 0 unspecified atom stereocenters. The lowest BCUT2D eigenvalue weighted by Crippen LogP contribution is -2.45. The first-order valence-electron chi connectivity index (χ1n) is 9.90. The maximum atomic E-state index is 12.6. The Morgan fingerprint density at radius 2 is 1.79 bits per heavy atom. The first kappa shape index (κ1) is 20.5. The molecule has 1 atom stereocenters. The van der Waals surface area contributed by atoms with Crippen LogP contribution in [0.1, 0.15) is 49.3 Å². The highest BCUT2D eigenvalue weighted by atomic mass is 16.5. The van der Waals surface area contributed by atoms with Crippen LogP contribution < -0.4 is 14.8 Å². The molecular formula is C21H30N2O5. The molecular weight excluding hydrogens is 360 g/mol. The number of fused-ring (bicyclic) bond motifs is 1. The summed E-state index contributed by atoms with van der Waals surface area (Å²) in [6.07, 6.45) is 5.43. The number of nitrogens with one attached hydrogen (secondary N) is 1. The van der Waals surface area contributed by atoms with Crippen molar-refractivity contribution in [2.45, 2.75) is 50.6 Å². The molecule has 1 heterocycles. The van der Waals surface area contributed by atoms with Gasteiger partial charge in [-0.3, -0.25) is 14.5 Å². The zero-order valence-corrected chi connectivity index (χ0v) is 17.0. The van der Waals surface area contributed by atoms with Crippen LogP contribution in [0.3, 0.4) is 0 Å². The Balaban J connectivity index is 1.82. The minimum Gasteiger partial charge on any atom is -0.493 e. The van der Waals surface area contributed by atoms with Crippen molar-refractivity contribution in [1.82, 2.24) is 10.2 Å². The van der Waals surface area contributed by atoms with Gasteiger partial charge in [0.1, 0.15) is 0 Å². The molecule has 1 aromatic rings. The quantitative estimate of drug-likeness (QED) is 0.720. The minimum atomic E-state index is -0.297. The second kappa shape index (κ2) is 9.28. The van der Waals surface area contributed by atoms with Gasteiger partial charge in [0.2, 0.25) is 5.91 Å². The van der Waals surface area contributed by atoms with E-state index in [0.717, 1.165) is 30.4 Å². The first-order chi connectivity index (χ1) is 13.5. The van der Waals surface area contributed by atoms with E-state index < -0.39 is 0 Å². The molecule has 2 aliphatic rings. The highest BCUT2D eigenvalue weighted by Gasteiger charge is 2.32. The number of carbonyl (C=O) groups is 2. The molecule has 1 aliphatic heterocycles. The molecule has 0 saturated heterocycles. The van der Waals surface area contributed by atoms with Crippen LogP contribution in [0.2, 0.25) is 0 Å². The van der Waals surface area contributed by atoms with Crippen molar-refractivity contribution in [2.75, 3.05) is 34.4 Å². The average molecular weight is 390 g/mol. The molecule has 0 bridgehead atoms. The zero-order valence-electron chi connectivity index (χ0n) is 17.0. The lowest BCUT2D eigenvalue weighted by atomic mass is 9.90. The number of amides is 1. The van der Waals surface area contributed by atoms with Gasteiger partial charge in [0.25, 0.3) is 0 Å². The van der Waals surface area contributed by atoms with E-state index in [4.69, 9.17) is 14.2 Å². The fraction of sp³-hybridized carbons (Fsp3) is 0.619. The van der Waals surface area contributed by atoms with Crippen molar-refractivity contribution < 1.29 is 23.8 Å². The van der Waals surface area contributed by atoms with E-state index in [2.05, 4.69) is 10.2 Å². The lowest BCUT2D eigenvalue weighted by Gasteiger charge is -2.37. The highest BCUT2D eigenvalue weighted by molar-refractivity contribution is 5.79. The van der Waals surface area contributed by atoms with E-state index in [0.29, 0.717) is 18.0 Å². The van der Waals surface area contributed by atoms with Gasteiger partial charge < -0.3 is 19.5 Å². The van der Waals surface area contributed by atoms with Crippen LogP contribution in [-0.4, -0.2) is 57.2 Å². The van der Waals surface area contributed by atoms with Crippen molar-refractivity contribution in [3.05, 3.63) is 23.3 Å². The third-order valence-electron chi connectivity index (χ3n) is 5.77. The summed E-state index contributed by atoms with van der Waals surface area (Å²) in [7, 11) is 4.59. The number of ether oxygens (including phenoxy) is 3. The topological polar surface area (TPSA) is 77.1 Å². The summed E-state index contributed by atoms with van der Waals surface area (Å²) in [6.45, 7) is 0.966. The number of nitrogens with zero attached hydrogens (tertiary/aromatic N) is 1. The summed E-state index contributed by atoms with van der Waals surface area (Å²) < 4.78 is 15.8. The summed E-state index contributed by atoms with van der Waals surface area (Å²) in [5.41, 5.74) is 2.10. The number of carbonyl (C=O) groups excluding carboxylic acids is 2. The van der Waals surface area contributed by atoms with E-state index in [1.807, 2.05) is 12.1 Å². The van der Waals surface area contributed by atoms with Crippen molar-refractivity contribution in [3.63, 3.8) is 0 Å². The van der Waals surface area contributed by atoms with E-state index in [1.165, 1.54) is 20.0 Å².